The Bertz CT molecular complexity index is 636. The van der Waals surface area contributed by atoms with Crippen molar-refractivity contribution >= 4 is 17.3 Å². The Morgan fingerprint density at radius 2 is 1.64 bits per heavy atom. The van der Waals surface area contributed by atoms with Crippen LogP contribution in [-0.4, -0.2) is 0 Å². The molecule has 0 saturated carbocycles. The van der Waals surface area contributed by atoms with Crippen LogP contribution < -0.4 is 5.32 Å². The van der Waals surface area contributed by atoms with Crippen molar-refractivity contribution < 1.29 is 0 Å². The van der Waals surface area contributed by atoms with Crippen molar-refractivity contribution in [3.8, 4) is 0 Å². The summed E-state index contributed by atoms with van der Waals surface area (Å²) in [5, 5.41) is 3.29. The van der Waals surface area contributed by atoms with E-state index in [-0.39, 0.29) is 0 Å². The number of hydrogen-bond acceptors (Lipinski definition) is 1. The largest absolute Gasteiger partial charge is 0.356 e. The van der Waals surface area contributed by atoms with Crippen molar-refractivity contribution in [2.45, 2.75) is 20.8 Å². The number of benzene rings is 2. The van der Waals surface area contributed by atoms with E-state index in [1.54, 1.807) is 0 Å². The number of allylic oxidation sites excluding steroid dienone is 2. The Morgan fingerprint density at radius 1 is 0.955 bits per heavy atom. The minimum absolute atomic E-state index is 0.854. The fraction of sp³-hybridized carbons (Fsp3) is 0.143. The maximum Gasteiger partial charge on any atom is 0.0390 e. The first-order valence-electron chi connectivity index (χ1n) is 7.60. The molecule has 0 saturated heterocycles. The molecule has 0 heterocycles. The second kappa shape index (κ2) is 9.41. The smallest absolute Gasteiger partial charge is 0.0390 e. The summed E-state index contributed by atoms with van der Waals surface area (Å²) in [5.74, 6) is 0. The van der Waals surface area contributed by atoms with Gasteiger partial charge in [-0.05, 0) is 36.3 Å². The van der Waals surface area contributed by atoms with Crippen molar-refractivity contribution in [3.05, 3.63) is 90.7 Å². The number of nitrogens with one attached hydrogen (secondary N) is 1. The van der Waals surface area contributed by atoms with Crippen LogP contribution in [0.4, 0.5) is 5.69 Å². The Hall–Kier alpha value is -2.54. The lowest BCUT2D eigenvalue weighted by Gasteiger charge is -2.08. The summed E-state index contributed by atoms with van der Waals surface area (Å²) in [6.07, 6.45) is 4.01. The predicted octanol–water partition coefficient (Wildman–Crippen LogP) is 6.38. The second-order valence-corrected chi connectivity index (χ2v) is 4.76. The third-order valence-electron chi connectivity index (χ3n) is 2.94. The quantitative estimate of drug-likeness (QED) is 0.630. The molecule has 22 heavy (non-hydrogen) atoms. The molecule has 114 valence electrons. The highest BCUT2D eigenvalue weighted by atomic mass is 14.9. The minimum Gasteiger partial charge on any atom is -0.356 e. The van der Waals surface area contributed by atoms with Crippen molar-refractivity contribution in [1.29, 1.82) is 0 Å². The first-order chi connectivity index (χ1) is 10.6. The molecule has 1 nitrogen and oxygen atoms in total. The lowest BCUT2D eigenvalue weighted by atomic mass is 10.1. The molecule has 1 N–H and O–H groups in total. The maximum absolute atomic E-state index is 4.02. The zero-order valence-electron chi connectivity index (χ0n) is 13.8. The van der Waals surface area contributed by atoms with Crippen LogP contribution in [0.25, 0.3) is 11.6 Å². The molecule has 2 aromatic carbocycles. The van der Waals surface area contributed by atoms with Crippen LogP contribution in [0, 0.1) is 0 Å². The standard InChI is InChI=1S/C19H19N.C2H6/c1-15(2)18-10-7-11-19(14-18)20-16(3)12-13-17-8-5-4-6-9-17;1-2/h4-14,20H,1,3H2,2H3;1-2H3/b13-12+;. The summed E-state index contributed by atoms with van der Waals surface area (Å²) < 4.78 is 0. The highest BCUT2D eigenvalue weighted by Gasteiger charge is 1.96. The van der Waals surface area contributed by atoms with Gasteiger partial charge in [0, 0.05) is 11.4 Å². The fourth-order valence-electron chi connectivity index (χ4n) is 1.85. The van der Waals surface area contributed by atoms with E-state index in [0.29, 0.717) is 0 Å². The van der Waals surface area contributed by atoms with E-state index in [2.05, 4.69) is 42.7 Å². The topological polar surface area (TPSA) is 12.0 Å². The molecule has 0 fully saturated rings. The molecule has 0 aromatic heterocycles. The van der Waals surface area contributed by atoms with Gasteiger partial charge in [0.1, 0.15) is 0 Å². The van der Waals surface area contributed by atoms with E-state index >= 15 is 0 Å². The van der Waals surface area contributed by atoms with E-state index in [0.717, 1.165) is 28.1 Å². The van der Waals surface area contributed by atoms with Crippen molar-refractivity contribution in [2.75, 3.05) is 5.32 Å². The van der Waals surface area contributed by atoms with Gasteiger partial charge in [-0.25, -0.2) is 0 Å². The average molecular weight is 291 g/mol. The van der Waals surface area contributed by atoms with E-state index in [1.165, 1.54) is 0 Å². The zero-order chi connectivity index (χ0) is 16.4. The highest BCUT2D eigenvalue weighted by molar-refractivity contribution is 5.67. The molecular weight excluding hydrogens is 266 g/mol. The van der Waals surface area contributed by atoms with Gasteiger partial charge in [0.15, 0.2) is 0 Å². The highest BCUT2D eigenvalue weighted by Crippen LogP contribution is 2.18. The Balaban J connectivity index is 0.00000116. The van der Waals surface area contributed by atoms with Crippen LogP contribution in [-0.2, 0) is 0 Å². The zero-order valence-corrected chi connectivity index (χ0v) is 13.8. The van der Waals surface area contributed by atoms with Crippen molar-refractivity contribution in [2.24, 2.45) is 0 Å². The van der Waals surface area contributed by atoms with Gasteiger partial charge in [-0.15, -0.1) is 0 Å². The molecule has 0 aliphatic carbocycles. The average Bonchev–Trinajstić information content (AvgIpc) is 2.56. The van der Waals surface area contributed by atoms with Gasteiger partial charge in [0.2, 0.25) is 0 Å². The fourth-order valence-corrected chi connectivity index (χ4v) is 1.85. The Morgan fingerprint density at radius 3 is 2.27 bits per heavy atom. The predicted molar refractivity (Wildman–Crippen MR) is 101 cm³/mol. The van der Waals surface area contributed by atoms with Gasteiger partial charge in [0.25, 0.3) is 0 Å². The van der Waals surface area contributed by atoms with E-state index in [4.69, 9.17) is 0 Å². The monoisotopic (exact) mass is 291 g/mol. The van der Waals surface area contributed by atoms with Gasteiger partial charge in [-0.2, -0.15) is 0 Å². The lowest BCUT2D eigenvalue weighted by molar-refractivity contribution is 1.48. The molecule has 0 bridgehead atoms. The van der Waals surface area contributed by atoms with Gasteiger partial charge in [-0.3, -0.25) is 0 Å². The molecule has 2 aromatic rings. The van der Waals surface area contributed by atoms with E-state index in [9.17, 15) is 0 Å². The summed E-state index contributed by atoms with van der Waals surface area (Å²) in [6.45, 7) is 14.0. The maximum atomic E-state index is 4.02. The van der Waals surface area contributed by atoms with Gasteiger partial charge in [0.05, 0.1) is 0 Å². The summed E-state index contributed by atoms with van der Waals surface area (Å²) >= 11 is 0. The van der Waals surface area contributed by atoms with Crippen LogP contribution in [0.5, 0.6) is 0 Å². The number of rotatable bonds is 5. The van der Waals surface area contributed by atoms with Crippen LogP contribution >= 0.6 is 0 Å². The van der Waals surface area contributed by atoms with Crippen molar-refractivity contribution in [3.63, 3.8) is 0 Å². The molecule has 2 rings (SSSR count). The van der Waals surface area contributed by atoms with Crippen LogP contribution in [0.3, 0.4) is 0 Å². The van der Waals surface area contributed by atoms with Crippen LogP contribution in [0.1, 0.15) is 31.9 Å². The van der Waals surface area contributed by atoms with E-state index in [1.807, 2.05) is 63.3 Å². The summed E-state index contributed by atoms with van der Waals surface area (Å²) in [5.41, 5.74) is 5.22. The SMILES string of the molecule is C=C(/C=C/c1ccccc1)Nc1cccc(C(=C)C)c1.CC. The molecule has 0 aliphatic heterocycles. The second-order valence-electron chi connectivity index (χ2n) is 4.76. The van der Waals surface area contributed by atoms with Gasteiger partial charge >= 0.3 is 0 Å². The third-order valence-corrected chi connectivity index (χ3v) is 2.94. The first-order valence-corrected chi connectivity index (χ1v) is 7.60. The normalized spacial score (nSPS) is 9.77. The molecule has 0 unspecified atom stereocenters. The van der Waals surface area contributed by atoms with E-state index < -0.39 is 0 Å². The molecular formula is C21H25N. The van der Waals surface area contributed by atoms with Crippen LogP contribution in [0.15, 0.2) is 79.5 Å². The molecule has 0 aliphatic rings. The van der Waals surface area contributed by atoms with Gasteiger partial charge in [-0.1, -0.05) is 81.1 Å². The number of anilines is 1. The summed E-state index contributed by atoms with van der Waals surface area (Å²) in [7, 11) is 0. The minimum atomic E-state index is 0.854. The van der Waals surface area contributed by atoms with Crippen molar-refractivity contribution in [1.82, 2.24) is 0 Å². The Labute approximate surface area is 134 Å². The summed E-state index contributed by atoms with van der Waals surface area (Å²) in [6, 6.07) is 18.3. The molecule has 0 atom stereocenters. The first kappa shape index (κ1) is 17.5. The summed E-state index contributed by atoms with van der Waals surface area (Å²) in [4.78, 5) is 0. The van der Waals surface area contributed by atoms with Crippen LogP contribution in [0.2, 0.25) is 0 Å². The molecule has 0 amide bonds. The number of hydrogen-bond donors (Lipinski definition) is 1. The van der Waals surface area contributed by atoms with Gasteiger partial charge < -0.3 is 5.32 Å². The molecule has 0 spiro atoms. The molecule has 0 radical (unpaired) electrons. The third kappa shape index (κ3) is 5.84. The Kier molecular flexibility index (Phi) is 7.49. The lowest BCUT2D eigenvalue weighted by Crippen LogP contribution is -1.95. The molecule has 1 heteroatoms.